The van der Waals surface area contributed by atoms with Crippen LogP contribution in [0.2, 0.25) is 0 Å². The van der Waals surface area contributed by atoms with Gasteiger partial charge >= 0.3 is 18.2 Å². The van der Waals surface area contributed by atoms with E-state index in [0.29, 0.717) is 45.6 Å². The Morgan fingerprint density at radius 1 is 0.859 bits per heavy atom. The van der Waals surface area contributed by atoms with Crippen molar-refractivity contribution in [2.75, 3.05) is 61.7 Å². The third kappa shape index (κ3) is 14.1. The minimum Gasteiger partial charge on any atom is -0.508 e. The largest absolute Gasteiger partial charge is 0.508 e. The monoisotopic (exact) mass is 1090 g/mol. The van der Waals surface area contributed by atoms with Crippen LogP contribution in [0.3, 0.4) is 0 Å². The quantitative estimate of drug-likeness (QED) is 0.0276. The Morgan fingerprint density at radius 3 is 2.22 bits per heavy atom. The number of aromatic hydroxyl groups is 1. The van der Waals surface area contributed by atoms with Crippen LogP contribution in [0.15, 0.2) is 97.3 Å². The summed E-state index contributed by atoms with van der Waals surface area (Å²) in [5, 5.41) is 25.3. The average Bonchev–Trinajstić information content (AvgIpc) is 4.21. The molecule has 0 radical (unpaired) electrons. The van der Waals surface area contributed by atoms with E-state index in [1.54, 1.807) is 71.2 Å². The maximum atomic E-state index is 14.4. The number of benzene rings is 4. The molecule has 0 fully saturated rings. The molecule has 3 atom stereocenters. The second-order valence-corrected chi connectivity index (χ2v) is 20.2. The second-order valence-electron chi connectivity index (χ2n) is 19.9. The lowest BCUT2D eigenvalue weighted by Crippen LogP contribution is -2.54. The van der Waals surface area contributed by atoms with Gasteiger partial charge in [0.1, 0.15) is 35.5 Å². The molecule has 2 aromatic heterocycles. The van der Waals surface area contributed by atoms with E-state index in [9.17, 15) is 38.7 Å². The third-order valence-electron chi connectivity index (χ3n) is 13.2. The van der Waals surface area contributed by atoms with Crippen LogP contribution in [0.5, 0.6) is 11.5 Å². The highest BCUT2D eigenvalue weighted by molar-refractivity contribution is 6.19. The van der Waals surface area contributed by atoms with Crippen molar-refractivity contribution in [3.05, 3.63) is 125 Å². The number of ether oxygens (including phenoxy) is 2. The highest BCUT2D eigenvalue weighted by Gasteiger charge is 2.37. The normalized spacial score (nSPS) is 13.7. The molecule has 0 spiro atoms. The first-order chi connectivity index (χ1) is 37.2. The number of imidazole rings is 1. The number of fused-ring (bicyclic) bond motifs is 4. The first-order valence-corrected chi connectivity index (χ1v) is 26.1. The summed E-state index contributed by atoms with van der Waals surface area (Å²) in [5.41, 5.74) is 9.94. The van der Waals surface area contributed by atoms with Gasteiger partial charge in [-0.05, 0) is 96.3 Å². The fourth-order valence-electron chi connectivity index (χ4n) is 9.01. The molecule has 8 N–H and O–H groups in total. The van der Waals surface area contributed by atoms with Crippen molar-refractivity contribution in [2.24, 2.45) is 11.7 Å². The van der Waals surface area contributed by atoms with Crippen molar-refractivity contribution in [3.63, 3.8) is 0 Å². The number of likely N-dealkylation sites (N-methyl/N-ethyl adjacent to an activating group) is 2. The molecule has 78 heavy (non-hydrogen) atoms. The Labute approximate surface area is 456 Å². The number of alkyl halides is 1. The lowest BCUT2D eigenvalue weighted by atomic mass is 9.92. The fourth-order valence-corrected chi connectivity index (χ4v) is 9.26. The number of aromatic nitrogens is 2. The average molecular weight is 1090 g/mol. The number of urea groups is 1. The Hall–Kier alpha value is -8.43. The first kappa shape index (κ1) is 57.3. The van der Waals surface area contributed by atoms with Crippen LogP contribution >= 0.6 is 11.6 Å². The molecule has 6 aromatic rings. The zero-order chi connectivity index (χ0) is 56.4. The van der Waals surface area contributed by atoms with E-state index in [2.05, 4.69) is 31.6 Å². The molecule has 7 rings (SSSR count). The van der Waals surface area contributed by atoms with Crippen LogP contribution in [-0.4, -0.2) is 130 Å². The van der Waals surface area contributed by atoms with Crippen molar-refractivity contribution in [1.29, 1.82) is 0 Å². The van der Waals surface area contributed by atoms with Gasteiger partial charge in [0, 0.05) is 93.2 Å². The topological polar surface area (TPSA) is 271 Å². The number of nitrogens with zero attached hydrogens (tertiary/aromatic N) is 5. The Kier molecular flexibility index (Phi) is 18.8. The molecule has 3 heterocycles. The summed E-state index contributed by atoms with van der Waals surface area (Å²) in [5.74, 6) is -1.40. The van der Waals surface area contributed by atoms with Crippen LogP contribution in [-0.2, 0) is 20.9 Å². The summed E-state index contributed by atoms with van der Waals surface area (Å²) in [6.07, 6.45) is 2.48. The smallest absolute Gasteiger partial charge is 0.415 e. The van der Waals surface area contributed by atoms with Gasteiger partial charge in [-0.15, -0.1) is 11.6 Å². The van der Waals surface area contributed by atoms with Gasteiger partial charge in [-0.25, -0.2) is 19.4 Å². The molecule has 1 aliphatic heterocycles. The van der Waals surface area contributed by atoms with Crippen LogP contribution in [0.25, 0.3) is 16.4 Å². The number of phenolic OH excluding ortho intramolecular Hbond substituents is 1. The molecule has 8 amide bonds. The number of rotatable bonds is 21. The number of halogens is 1. The van der Waals surface area contributed by atoms with Gasteiger partial charge in [-0.3, -0.25) is 19.2 Å². The van der Waals surface area contributed by atoms with E-state index >= 15 is 0 Å². The lowest BCUT2D eigenvalue weighted by Gasteiger charge is -2.27. The number of hydrogen-bond donors (Lipinski definition) is 7. The number of carbonyl (C=O) groups is 7. The summed E-state index contributed by atoms with van der Waals surface area (Å²) in [6.45, 7) is 10.2. The van der Waals surface area contributed by atoms with E-state index < -0.39 is 42.1 Å². The zero-order valence-electron chi connectivity index (χ0n) is 44.6. The summed E-state index contributed by atoms with van der Waals surface area (Å²) in [7, 11) is 3.08. The van der Waals surface area contributed by atoms with Gasteiger partial charge in [-0.2, -0.15) is 0 Å². The van der Waals surface area contributed by atoms with Gasteiger partial charge in [0.05, 0.1) is 17.4 Å². The van der Waals surface area contributed by atoms with Crippen LogP contribution in [0.1, 0.15) is 84.0 Å². The van der Waals surface area contributed by atoms with Crippen LogP contribution in [0, 0.1) is 12.8 Å². The molecule has 21 nitrogen and oxygen atoms in total. The molecule has 1 aliphatic rings. The van der Waals surface area contributed by atoms with Crippen molar-refractivity contribution >= 4 is 86.9 Å². The second kappa shape index (κ2) is 25.6. The van der Waals surface area contributed by atoms with Gasteiger partial charge in [-0.1, -0.05) is 58.0 Å². The van der Waals surface area contributed by atoms with E-state index in [-0.39, 0.29) is 92.0 Å². The Morgan fingerprint density at radius 2 is 1.55 bits per heavy atom. The number of phenols is 1. The highest BCUT2D eigenvalue weighted by Crippen LogP contribution is 2.47. The standard InChI is InChI=1S/C56H66ClN11O10/c1-32(2)49(60-33(3)4)52(72)64-42(12-9-23-59-54(58)74)51(71)61-38-17-13-35(14-18-38)31-77-55(75)65(6)24-25-66(7)56(76)78-45-26-44-48(47-34(5)10-8-11-41(45)47)37(27-57)28-68(44)53(73)43-30-67-29-39(19-22-46(67)63-43)62-50(70)36-15-20-40(69)21-16-36/h8,10-11,13-22,26,29-30,32-33,37,42,49,60,69H,9,12,23-25,27-28,31H2,1-7H3,(H,61,71)(H,62,70)(H,64,72)(H3,58,59,74)/t37-,42+,49+/m1/s1. The number of nitrogens with one attached hydrogen (secondary N) is 5. The SMILES string of the molecule is Cc1cccc2c(OC(=O)N(C)CCN(C)C(=O)OCc3ccc(NC(=O)[C@H](CCCNC(N)=O)NC(=O)[C@@H](NC(C)C)C(C)C)cc3)cc3c(c12)[C@H](CCl)CN3C(=O)c1cn2cc(NC(=O)c3ccc(O)cc3)ccc2n1. The molecule has 0 bridgehead atoms. The zero-order valence-corrected chi connectivity index (χ0v) is 45.3. The predicted molar refractivity (Wildman–Crippen MR) is 297 cm³/mol. The molecule has 0 aliphatic carbocycles. The summed E-state index contributed by atoms with van der Waals surface area (Å²) >= 11 is 6.60. The number of amides is 8. The lowest BCUT2D eigenvalue weighted by molar-refractivity contribution is -0.129. The number of nitrogens with two attached hydrogens (primary N) is 1. The number of carbonyl (C=O) groups excluding carboxylic acids is 7. The summed E-state index contributed by atoms with van der Waals surface area (Å²) < 4.78 is 13.3. The molecule has 4 aromatic carbocycles. The van der Waals surface area contributed by atoms with Crippen molar-refractivity contribution in [1.82, 2.24) is 35.1 Å². The van der Waals surface area contributed by atoms with Crippen LogP contribution in [0.4, 0.5) is 31.4 Å². The molecule has 0 saturated carbocycles. The van der Waals surface area contributed by atoms with Gasteiger partial charge in [0.25, 0.3) is 11.8 Å². The number of primary amides is 1. The number of aryl methyl sites for hydroxylation is 1. The van der Waals surface area contributed by atoms with Gasteiger partial charge in [0.15, 0.2) is 0 Å². The number of hydrogen-bond acceptors (Lipinski definition) is 12. The maximum Gasteiger partial charge on any atom is 0.415 e. The van der Waals surface area contributed by atoms with Crippen molar-refractivity contribution in [2.45, 2.75) is 78.1 Å². The van der Waals surface area contributed by atoms with E-state index in [1.165, 1.54) is 41.1 Å². The first-order valence-electron chi connectivity index (χ1n) is 25.5. The Balaban J connectivity index is 0.954. The summed E-state index contributed by atoms with van der Waals surface area (Å²) in [6, 6.07) is 21.1. The van der Waals surface area contributed by atoms with Crippen molar-refractivity contribution < 1.29 is 48.1 Å². The molecule has 0 unspecified atom stereocenters. The number of anilines is 3. The minimum atomic E-state index is -0.909. The van der Waals surface area contributed by atoms with E-state index in [4.69, 9.17) is 26.8 Å². The predicted octanol–water partition coefficient (Wildman–Crippen LogP) is 7.33. The summed E-state index contributed by atoms with van der Waals surface area (Å²) in [4.78, 5) is 101. The maximum absolute atomic E-state index is 14.4. The fraction of sp³-hybridized carbons (Fsp3) is 0.357. The molecular weight excluding hydrogens is 1020 g/mol. The van der Waals surface area contributed by atoms with Crippen molar-refractivity contribution in [3.8, 4) is 11.5 Å². The van der Waals surface area contributed by atoms with Gasteiger partial charge in [0.2, 0.25) is 11.8 Å². The third-order valence-corrected chi connectivity index (χ3v) is 13.6. The Bertz CT molecular complexity index is 3190. The van der Waals surface area contributed by atoms with E-state index in [1.807, 2.05) is 52.8 Å². The molecular formula is C56H66ClN11O10. The highest BCUT2D eigenvalue weighted by atomic mass is 35.5. The number of pyridine rings is 1. The molecule has 412 valence electrons. The van der Waals surface area contributed by atoms with Crippen LogP contribution < -0.4 is 42.0 Å². The van der Waals surface area contributed by atoms with Gasteiger partial charge < -0.3 is 66.0 Å². The molecule has 0 saturated heterocycles. The minimum absolute atomic E-state index is 0.0306. The van der Waals surface area contributed by atoms with E-state index in [0.717, 1.165) is 16.5 Å². The molecule has 22 heteroatoms.